The van der Waals surface area contributed by atoms with E-state index in [4.69, 9.17) is 5.11 Å². The minimum atomic E-state index is -0.885. The number of aliphatic hydroxyl groups is 1. The fourth-order valence-electron chi connectivity index (χ4n) is 3.45. The van der Waals surface area contributed by atoms with Crippen molar-refractivity contribution in [3.63, 3.8) is 0 Å². The number of hydrogen-bond donors (Lipinski definition) is 3. The largest absolute Gasteiger partial charge is 0.481 e. The molecule has 108 valence electrons. The highest BCUT2D eigenvalue weighted by atomic mass is 16.4. The standard InChI is InChI=1S/C14H23NO4/c1-9-6-10(11(7-9)13(17)18)12(16)15-8-14(19)4-2-3-5-14/h9-11,19H,2-8H2,1H3,(H,15,16)(H,17,18). The van der Waals surface area contributed by atoms with E-state index < -0.39 is 23.4 Å². The Morgan fingerprint density at radius 3 is 2.37 bits per heavy atom. The van der Waals surface area contributed by atoms with Crippen molar-refractivity contribution >= 4 is 11.9 Å². The van der Waals surface area contributed by atoms with Crippen LogP contribution in [0.4, 0.5) is 0 Å². The lowest BCUT2D eigenvalue weighted by molar-refractivity contribution is -0.146. The number of rotatable bonds is 4. The average molecular weight is 269 g/mol. The lowest BCUT2D eigenvalue weighted by atomic mass is 9.94. The molecule has 5 heteroatoms. The van der Waals surface area contributed by atoms with Gasteiger partial charge in [0.15, 0.2) is 0 Å². The van der Waals surface area contributed by atoms with E-state index in [1.54, 1.807) is 0 Å². The summed E-state index contributed by atoms with van der Waals surface area (Å²) >= 11 is 0. The number of carbonyl (C=O) groups is 2. The molecule has 3 N–H and O–H groups in total. The van der Waals surface area contributed by atoms with Gasteiger partial charge in [-0.1, -0.05) is 19.8 Å². The van der Waals surface area contributed by atoms with Crippen molar-refractivity contribution in [3.05, 3.63) is 0 Å². The van der Waals surface area contributed by atoms with Gasteiger partial charge in [-0.05, 0) is 31.6 Å². The molecule has 0 saturated heterocycles. The van der Waals surface area contributed by atoms with Crippen LogP contribution in [0.5, 0.6) is 0 Å². The molecule has 0 aromatic carbocycles. The van der Waals surface area contributed by atoms with Gasteiger partial charge in [0, 0.05) is 6.54 Å². The summed E-state index contributed by atoms with van der Waals surface area (Å²) in [6.45, 7) is 2.23. The maximum Gasteiger partial charge on any atom is 0.307 e. The summed E-state index contributed by atoms with van der Waals surface area (Å²) in [6.07, 6.45) is 4.61. The summed E-state index contributed by atoms with van der Waals surface area (Å²) < 4.78 is 0. The Bertz CT molecular complexity index is 362. The zero-order chi connectivity index (χ0) is 14.0. The average Bonchev–Trinajstić information content (AvgIpc) is 2.93. The van der Waals surface area contributed by atoms with Gasteiger partial charge in [0.2, 0.25) is 5.91 Å². The molecule has 0 spiro atoms. The third-order valence-corrected chi connectivity index (χ3v) is 4.58. The smallest absolute Gasteiger partial charge is 0.307 e. The first-order valence-corrected chi connectivity index (χ1v) is 7.14. The molecule has 0 aromatic heterocycles. The van der Waals surface area contributed by atoms with Crippen LogP contribution in [0.2, 0.25) is 0 Å². The molecule has 2 saturated carbocycles. The lowest BCUT2D eigenvalue weighted by Crippen LogP contribution is -2.44. The second-order valence-electron chi connectivity index (χ2n) is 6.28. The highest BCUT2D eigenvalue weighted by Gasteiger charge is 2.42. The summed E-state index contributed by atoms with van der Waals surface area (Å²) in [5.41, 5.74) is -0.779. The number of carbonyl (C=O) groups excluding carboxylic acids is 1. The maximum absolute atomic E-state index is 12.1. The van der Waals surface area contributed by atoms with Crippen LogP contribution in [0, 0.1) is 17.8 Å². The fraction of sp³-hybridized carbons (Fsp3) is 0.857. The van der Waals surface area contributed by atoms with Gasteiger partial charge in [-0.3, -0.25) is 9.59 Å². The van der Waals surface area contributed by atoms with Gasteiger partial charge in [-0.15, -0.1) is 0 Å². The summed E-state index contributed by atoms with van der Waals surface area (Å²) in [7, 11) is 0. The molecule has 2 aliphatic carbocycles. The molecule has 0 bridgehead atoms. The van der Waals surface area contributed by atoms with E-state index in [9.17, 15) is 14.7 Å². The second-order valence-corrected chi connectivity index (χ2v) is 6.28. The van der Waals surface area contributed by atoms with Crippen LogP contribution in [0.1, 0.15) is 45.4 Å². The normalized spacial score (nSPS) is 33.3. The molecule has 3 atom stereocenters. The van der Waals surface area contributed by atoms with Crippen molar-refractivity contribution in [3.8, 4) is 0 Å². The Balaban J connectivity index is 1.90. The molecule has 0 radical (unpaired) electrons. The minimum Gasteiger partial charge on any atom is -0.481 e. The summed E-state index contributed by atoms with van der Waals surface area (Å²) in [6, 6.07) is 0. The predicted molar refractivity (Wildman–Crippen MR) is 69.4 cm³/mol. The van der Waals surface area contributed by atoms with E-state index in [0.717, 1.165) is 25.7 Å². The monoisotopic (exact) mass is 269 g/mol. The molecule has 3 unspecified atom stereocenters. The van der Waals surface area contributed by atoms with Gasteiger partial charge in [0.05, 0.1) is 17.4 Å². The predicted octanol–water partition coefficient (Wildman–Crippen LogP) is 1.15. The van der Waals surface area contributed by atoms with E-state index in [-0.39, 0.29) is 18.4 Å². The summed E-state index contributed by atoms with van der Waals surface area (Å²) in [5.74, 6) is -1.85. The van der Waals surface area contributed by atoms with Crippen molar-refractivity contribution in [1.29, 1.82) is 0 Å². The number of carboxylic acid groups (broad SMARTS) is 1. The van der Waals surface area contributed by atoms with Gasteiger partial charge in [-0.2, -0.15) is 0 Å². The molecule has 2 rings (SSSR count). The van der Waals surface area contributed by atoms with Crippen molar-refractivity contribution in [1.82, 2.24) is 5.32 Å². The zero-order valence-electron chi connectivity index (χ0n) is 11.4. The number of carboxylic acids is 1. The van der Waals surface area contributed by atoms with Crippen molar-refractivity contribution in [2.24, 2.45) is 17.8 Å². The summed E-state index contributed by atoms with van der Waals surface area (Å²) in [4.78, 5) is 23.3. The van der Waals surface area contributed by atoms with Crippen LogP contribution in [0.25, 0.3) is 0 Å². The van der Waals surface area contributed by atoms with E-state index in [0.29, 0.717) is 12.8 Å². The first-order valence-electron chi connectivity index (χ1n) is 7.14. The van der Waals surface area contributed by atoms with Crippen molar-refractivity contribution in [2.75, 3.05) is 6.54 Å². The Hall–Kier alpha value is -1.10. The van der Waals surface area contributed by atoms with E-state index in [1.807, 2.05) is 6.92 Å². The van der Waals surface area contributed by atoms with Crippen LogP contribution in [-0.4, -0.2) is 34.2 Å². The third kappa shape index (κ3) is 3.26. The van der Waals surface area contributed by atoms with Gasteiger partial charge in [-0.25, -0.2) is 0 Å². The SMILES string of the molecule is CC1CC(C(=O)O)C(C(=O)NCC2(O)CCCC2)C1. The number of nitrogens with one attached hydrogen (secondary N) is 1. The van der Waals surface area contributed by atoms with Crippen LogP contribution >= 0.6 is 0 Å². The van der Waals surface area contributed by atoms with Crippen LogP contribution in [-0.2, 0) is 9.59 Å². The number of amides is 1. The van der Waals surface area contributed by atoms with Gasteiger partial charge < -0.3 is 15.5 Å². The van der Waals surface area contributed by atoms with E-state index >= 15 is 0 Å². The van der Waals surface area contributed by atoms with E-state index in [1.165, 1.54) is 0 Å². The molecule has 0 heterocycles. The third-order valence-electron chi connectivity index (χ3n) is 4.58. The Morgan fingerprint density at radius 1 is 1.21 bits per heavy atom. The molecular weight excluding hydrogens is 246 g/mol. The van der Waals surface area contributed by atoms with Crippen molar-refractivity contribution in [2.45, 2.75) is 51.0 Å². The highest BCUT2D eigenvalue weighted by molar-refractivity contribution is 5.85. The quantitative estimate of drug-likeness (QED) is 0.714. The second kappa shape index (κ2) is 5.49. The Morgan fingerprint density at radius 2 is 1.79 bits per heavy atom. The molecule has 19 heavy (non-hydrogen) atoms. The van der Waals surface area contributed by atoms with E-state index in [2.05, 4.69) is 5.32 Å². The fourth-order valence-corrected chi connectivity index (χ4v) is 3.45. The first kappa shape index (κ1) is 14.3. The number of hydrogen-bond acceptors (Lipinski definition) is 3. The molecule has 1 amide bonds. The Labute approximate surface area is 113 Å². The zero-order valence-corrected chi connectivity index (χ0v) is 11.4. The van der Waals surface area contributed by atoms with Gasteiger partial charge in [0.1, 0.15) is 0 Å². The summed E-state index contributed by atoms with van der Waals surface area (Å²) in [5, 5.41) is 22.1. The van der Waals surface area contributed by atoms with Gasteiger partial charge >= 0.3 is 5.97 Å². The molecule has 2 aliphatic rings. The highest BCUT2D eigenvalue weighted by Crippen LogP contribution is 2.36. The van der Waals surface area contributed by atoms with Crippen LogP contribution in [0.15, 0.2) is 0 Å². The topological polar surface area (TPSA) is 86.6 Å². The maximum atomic E-state index is 12.1. The molecule has 5 nitrogen and oxygen atoms in total. The number of aliphatic carboxylic acids is 1. The molecule has 2 fully saturated rings. The Kier molecular flexibility index (Phi) is 4.13. The van der Waals surface area contributed by atoms with Crippen LogP contribution in [0.3, 0.4) is 0 Å². The van der Waals surface area contributed by atoms with Crippen molar-refractivity contribution < 1.29 is 19.8 Å². The minimum absolute atomic E-state index is 0.211. The molecule has 0 aromatic rings. The molecular formula is C14H23NO4. The first-order chi connectivity index (χ1) is 8.91. The van der Waals surface area contributed by atoms with Crippen LogP contribution < -0.4 is 5.32 Å². The molecule has 0 aliphatic heterocycles. The lowest BCUT2D eigenvalue weighted by Gasteiger charge is -2.24. The van der Waals surface area contributed by atoms with Gasteiger partial charge in [0.25, 0.3) is 0 Å².